The third-order valence-electron chi connectivity index (χ3n) is 2.56. The van der Waals surface area contributed by atoms with Crippen molar-refractivity contribution in [3.63, 3.8) is 0 Å². The fourth-order valence-corrected chi connectivity index (χ4v) is 1.75. The van der Waals surface area contributed by atoms with Gasteiger partial charge in [-0.25, -0.2) is 0 Å². The van der Waals surface area contributed by atoms with Crippen molar-refractivity contribution in [3.05, 3.63) is 36.0 Å². The second kappa shape index (κ2) is 3.44. The van der Waals surface area contributed by atoms with Gasteiger partial charge in [0.15, 0.2) is 0 Å². The Morgan fingerprint density at radius 1 is 1.43 bits per heavy atom. The van der Waals surface area contributed by atoms with Crippen LogP contribution in [0.15, 0.2) is 30.5 Å². The van der Waals surface area contributed by atoms with Gasteiger partial charge in [-0.05, 0) is 17.7 Å². The molecular weight excluding hydrogens is 176 g/mol. The first-order valence-corrected chi connectivity index (χ1v) is 4.64. The minimum Gasteiger partial charge on any atom is -0.394 e. The van der Waals surface area contributed by atoms with Crippen LogP contribution in [0.1, 0.15) is 11.6 Å². The van der Waals surface area contributed by atoms with Crippen molar-refractivity contribution in [2.75, 3.05) is 6.61 Å². The molecule has 2 aromatic rings. The quantitative estimate of drug-likeness (QED) is 0.747. The highest BCUT2D eigenvalue weighted by molar-refractivity contribution is 5.84. The average molecular weight is 190 g/mol. The van der Waals surface area contributed by atoms with Crippen LogP contribution in [0.5, 0.6) is 0 Å². The van der Waals surface area contributed by atoms with Crippen LogP contribution in [0.4, 0.5) is 0 Å². The zero-order chi connectivity index (χ0) is 10.1. The Hall–Kier alpha value is -1.32. The third kappa shape index (κ3) is 1.31. The lowest BCUT2D eigenvalue weighted by Crippen LogP contribution is -2.14. The van der Waals surface area contributed by atoms with Gasteiger partial charge in [-0.3, -0.25) is 0 Å². The van der Waals surface area contributed by atoms with Crippen LogP contribution >= 0.6 is 0 Å². The molecule has 3 nitrogen and oxygen atoms in total. The summed E-state index contributed by atoms with van der Waals surface area (Å²) in [6.07, 6.45) is 2.00. The van der Waals surface area contributed by atoms with Crippen molar-refractivity contribution < 1.29 is 5.11 Å². The second-order valence-electron chi connectivity index (χ2n) is 3.50. The zero-order valence-electron chi connectivity index (χ0n) is 8.14. The van der Waals surface area contributed by atoms with Crippen LogP contribution < -0.4 is 5.73 Å². The Bertz CT molecular complexity index is 447. The maximum Gasteiger partial charge on any atom is 0.0624 e. The SMILES string of the molecule is Cn1ccc2c(C(N)CO)cccc21. The molecular formula is C11H14N2O. The van der Waals surface area contributed by atoms with Gasteiger partial charge in [0, 0.05) is 24.1 Å². The molecule has 0 spiro atoms. The van der Waals surface area contributed by atoms with Crippen LogP contribution in [0, 0.1) is 0 Å². The molecule has 0 aliphatic heterocycles. The highest BCUT2D eigenvalue weighted by Gasteiger charge is 2.09. The van der Waals surface area contributed by atoms with Crippen molar-refractivity contribution in [2.45, 2.75) is 6.04 Å². The Morgan fingerprint density at radius 3 is 2.93 bits per heavy atom. The first-order valence-electron chi connectivity index (χ1n) is 4.64. The molecule has 0 fully saturated rings. The normalized spacial score (nSPS) is 13.4. The Balaban J connectivity index is 2.65. The van der Waals surface area contributed by atoms with Crippen LogP contribution in [0.3, 0.4) is 0 Å². The van der Waals surface area contributed by atoms with Gasteiger partial charge < -0.3 is 15.4 Å². The smallest absolute Gasteiger partial charge is 0.0624 e. The van der Waals surface area contributed by atoms with E-state index in [0.29, 0.717) is 0 Å². The molecule has 2 rings (SSSR count). The predicted octanol–water partition coefficient (Wildman–Crippen LogP) is 1.17. The summed E-state index contributed by atoms with van der Waals surface area (Å²) >= 11 is 0. The molecule has 74 valence electrons. The molecule has 1 aromatic carbocycles. The molecule has 0 saturated heterocycles. The summed E-state index contributed by atoms with van der Waals surface area (Å²) in [5.41, 5.74) is 7.96. The summed E-state index contributed by atoms with van der Waals surface area (Å²) in [7, 11) is 2.00. The number of nitrogens with zero attached hydrogens (tertiary/aromatic N) is 1. The number of nitrogens with two attached hydrogens (primary N) is 1. The van der Waals surface area contributed by atoms with Crippen molar-refractivity contribution in [1.82, 2.24) is 4.57 Å². The molecule has 0 aliphatic carbocycles. The molecule has 0 bridgehead atoms. The van der Waals surface area contributed by atoms with Gasteiger partial charge in [-0.1, -0.05) is 12.1 Å². The fraction of sp³-hybridized carbons (Fsp3) is 0.273. The summed E-state index contributed by atoms with van der Waals surface area (Å²) in [4.78, 5) is 0. The number of aliphatic hydroxyl groups is 1. The molecule has 1 unspecified atom stereocenters. The molecule has 3 N–H and O–H groups in total. The van der Waals surface area contributed by atoms with E-state index in [0.717, 1.165) is 16.5 Å². The van der Waals surface area contributed by atoms with E-state index in [4.69, 9.17) is 10.8 Å². The van der Waals surface area contributed by atoms with Crippen LogP contribution in [0.2, 0.25) is 0 Å². The number of hydrogen-bond donors (Lipinski definition) is 2. The Morgan fingerprint density at radius 2 is 2.21 bits per heavy atom. The molecule has 3 heteroatoms. The maximum atomic E-state index is 9.02. The predicted molar refractivity (Wildman–Crippen MR) is 56.9 cm³/mol. The van der Waals surface area contributed by atoms with Crippen molar-refractivity contribution in [1.29, 1.82) is 0 Å². The first kappa shape index (κ1) is 9.24. The fourth-order valence-electron chi connectivity index (χ4n) is 1.75. The summed E-state index contributed by atoms with van der Waals surface area (Å²) in [6.45, 7) is -0.0198. The second-order valence-corrected chi connectivity index (χ2v) is 3.50. The van der Waals surface area contributed by atoms with Gasteiger partial charge in [0.25, 0.3) is 0 Å². The molecule has 14 heavy (non-hydrogen) atoms. The number of fused-ring (bicyclic) bond motifs is 1. The van der Waals surface area contributed by atoms with Gasteiger partial charge in [0.05, 0.1) is 12.6 Å². The monoisotopic (exact) mass is 190 g/mol. The van der Waals surface area contributed by atoms with Crippen LogP contribution in [0.25, 0.3) is 10.9 Å². The van der Waals surface area contributed by atoms with E-state index in [1.165, 1.54) is 0 Å². The van der Waals surface area contributed by atoms with Gasteiger partial charge in [0.2, 0.25) is 0 Å². The highest BCUT2D eigenvalue weighted by atomic mass is 16.3. The van der Waals surface area contributed by atoms with E-state index in [1.54, 1.807) is 0 Å². The Labute approximate surface area is 82.8 Å². The van der Waals surface area contributed by atoms with Crippen LogP contribution in [-0.2, 0) is 7.05 Å². The summed E-state index contributed by atoms with van der Waals surface area (Å²) < 4.78 is 2.04. The van der Waals surface area contributed by atoms with Crippen molar-refractivity contribution in [2.24, 2.45) is 12.8 Å². The zero-order valence-corrected chi connectivity index (χ0v) is 8.14. The molecule has 0 aliphatic rings. The van der Waals surface area contributed by atoms with Crippen molar-refractivity contribution >= 4 is 10.9 Å². The topological polar surface area (TPSA) is 51.2 Å². The number of aromatic nitrogens is 1. The number of aliphatic hydroxyl groups excluding tert-OH is 1. The first-order chi connectivity index (χ1) is 6.74. The highest BCUT2D eigenvalue weighted by Crippen LogP contribution is 2.23. The van der Waals surface area contributed by atoms with Gasteiger partial charge >= 0.3 is 0 Å². The summed E-state index contributed by atoms with van der Waals surface area (Å²) in [5.74, 6) is 0. The largest absolute Gasteiger partial charge is 0.394 e. The van der Waals surface area contributed by atoms with E-state index < -0.39 is 0 Å². The molecule has 1 aromatic heterocycles. The maximum absolute atomic E-state index is 9.02. The lowest BCUT2D eigenvalue weighted by Gasteiger charge is -2.09. The molecule has 0 amide bonds. The van der Waals surface area contributed by atoms with E-state index in [9.17, 15) is 0 Å². The molecule has 1 atom stereocenters. The lowest BCUT2D eigenvalue weighted by molar-refractivity contribution is 0.268. The third-order valence-corrected chi connectivity index (χ3v) is 2.56. The average Bonchev–Trinajstić information content (AvgIpc) is 2.59. The standard InChI is InChI=1S/C11H14N2O/c1-13-6-5-9-8(10(12)7-14)3-2-4-11(9)13/h2-6,10,14H,7,12H2,1H3. The minimum absolute atomic E-state index is 0.0198. The summed E-state index contributed by atoms with van der Waals surface area (Å²) in [5, 5.41) is 10.1. The van der Waals surface area contributed by atoms with E-state index >= 15 is 0 Å². The number of aryl methyl sites for hydroxylation is 1. The molecule has 1 heterocycles. The number of benzene rings is 1. The van der Waals surface area contributed by atoms with E-state index in [-0.39, 0.29) is 12.6 Å². The molecule has 0 saturated carbocycles. The van der Waals surface area contributed by atoms with Gasteiger partial charge in [0.1, 0.15) is 0 Å². The Kier molecular flexibility index (Phi) is 2.27. The number of hydrogen-bond acceptors (Lipinski definition) is 2. The van der Waals surface area contributed by atoms with Crippen molar-refractivity contribution in [3.8, 4) is 0 Å². The number of rotatable bonds is 2. The summed E-state index contributed by atoms with van der Waals surface area (Å²) in [6, 6.07) is 7.71. The van der Waals surface area contributed by atoms with Gasteiger partial charge in [-0.2, -0.15) is 0 Å². The molecule has 0 radical (unpaired) electrons. The van der Waals surface area contributed by atoms with Gasteiger partial charge in [-0.15, -0.1) is 0 Å². The van der Waals surface area contributed by atoms with Crippen LogP contribution in [-0.4, -0.2) is 16.3 Å². The van der Waals surface area contributed by atoms with E-state index in [2.05, 4.69) is 0 Å². The minimum atomic E-state index is -0.291. The van der Waals surface area contributed by atoms with E-state index in [1.807, 2.05) is 42.1 Å². The lowest BCUT2D eigenvalue weighted by atomic mass is 10.0.